The van der Waals surface area contributed by atoms with Gasteiger partial charge in [-0.2, -0.15) is 0 Å². The minimum atomic E-state index is 0.775. The quantitative estimate of drug-likeness (QED) is 0.797. The van der Waals surface area contributed by atoms with E-state index in [1.807, 2.05) is 30.3 Å². The average Bonchev–Trinajstić information content (AvgIpc) is 2.39. The van der Waals surface area contributed by atoms with Crippen LogP contribution in [0.3, 0.4) is 0 Å². The topological polar surface area (TPSA) is 52.0 Å². The lowest BCUT2D eigenvalue weighted by Gasteiger charge is -2.12. The molecule has 0 amide bonds. The molecule has 4 N–H and O–H groups in total. The van der Waals surface area contributed by atoms with Crippen LogP contribution >= 0.6 is 0 Å². The van der Waals surface area contributed by atoms with Crippen LogP contribution in [0.5, 0.6) is 0 Å². The summed E-state index contributed by atoms with van der Waals surface area (Å²) in [7, 11) is 0. The molecule has 0 unspecified atom stereocenters. The van der Waals surface area contributed by atoms with Crippen molar-refractivity contribution in [2.24, 2.45) is 0 Å². The largest absolute Gasteiger partial charge is 0.398 e. The van der Waals surface area contributed by atoms with Crippen LogP contribution in [0.15, 0.2) is 42.5 Å². The second-order valence-corrected chi connectivity index (χ2v) is 4.57. The summed E-state index contributed by atoms with van der Waals surface area (Å²) in [5, 5.41) is 0. The van der Waals surface area contributed by atoms with Crippen molar-refractivity contribution >= 4 is 11.4 Å². The third-order valence-corrected chi connectivity index (χ3v) is 3.25. The maximum absolute atomic E-state index is 6.27. The van der Waals surface area contributed by atoms with Crippen LogP contribution in [0.4, 0.5) is 11.4 Å². The monoisotopic (exact) mass is 240 g/mol. The van der Waals surface area contributed by atoms with E-state index < -0.39 is 0 Å². The zero-order valence-corrected chi connectivity index (χ0v) is 10.8. The highest BCUT2D eigenvalue weighted by atomic mass is 14.6. The van der Waals surface area contributed by atoms with E-state index in [2.05, 4.69) is 19.1 Å². The van der Waals surface area contributed by atoms with Crippen molar-refractivity contribution < 1.29 is 0 Å². The fraction of sp³-hybridized carbons (Fsp3) is 0.250. The first-order chi connectivity index (χ1) is 8.74. The second-order valence-electron chi connectivity index (χ2n) is 4.57. The molecule has 0 aliphatic rings. The van der Waals surface area contributed by atoms with E-state index >= 15 is 0 Å². The number of rotatable bonds is 4. The number of unbranched alkanes of at least 4 members (excludes halogenated alkanes) is 1. The summed E-state index contributed by atoms with van der Waals surface area (Å²) < 4.78 is 0. The predicted octanol–water partition coefficient (Wildman–Crippen LogP) is 3.86. The smallest absolute Gasteiger partial charge is 0.0427 e. The molecule has 2 aromatic carbocycles. The Hall–Kier alpha value is -1.96. The van der Waals surface area contributed by atoms with E-state index in [0.29, 0.717) is 0 Å². The van der Waals surface area contributed by atoms with Crippen LogP contribution in [0.2, 0.25) is 0 Å². The standard InChI is InChI=1S/C16H20N2/c1-2-3-7-12-8-6-10-14(16(12)18)13-9-4-5-11-15(13)17/h4-6,8-11H,2-3,7,17-18H2,1H3. The summed E-state index contributed by atoms with van der Waals surface area (Å²) in [5.74, 6) is 0. The lowest BCUT2D eigenvalue weighted by atomic mass is 9.97. The molecule has 0 radical (unpaired) electrons. The highest BCUT2D eigenvalue weighted by molar-refractivity contribution is 5.85. The second kappa shape index (κ2) is 5.58. The lowest BCUT2D eigenvalue weighted by Crippen LogP contribution is -1.99. The molecule has 0 atom stereocenters. The molecule has 0 aliphatic carbocycles. The number of anilines is 2. The Morgan fingerprint density at radius 3 is 2.33 bits per heavy atom. The number of nitrogen functional groups attached to an aromatic ring is 2. The van der Waals surface area contributed by atoms with E-state index in [0.717, 1.165) is 35.3 Å². The fourth-order valence-electron chi connectivity index (χ4n) is 2.18. The van der Waals surface area contributed by atoms with Crippen molar-refractivity contribution in [3.8, 4) is 11.1 Å². The van der Waals surface area contributed by atoms with Crippen molar-refractivity contribution in [3.63, 3.8) is 0 Å². The number of hydrogen-bond donors (Lipinski definition) is 2. The van der Waals surface area contributed by atoms with Gasteiger partial charge >= 0.3 is 0 Å². The van der Waals surface area contributed by atoms with Gasteiger partial charge in [0.05, 0.1) is 0 Å². The molecule has 2 rings (SSSR count). The Bertz CT molecular complexity index is 532. The van der Waals surface area contributed by atoms with Gasteiger partial charge in [-0.05, 0) is 24.5 Å². The SMILES string of the molecule is CCCCc1cccc(-c2ccccc2N)c1N. The third kappa shape index (κ3) is 2.48. The Labute approximate surface area is 109 Å². The maximum atomic E-state index is 6.27. The summed E-state index contributed by atoms with van der Waals surface area (Å²) >= 11 is 0. The third-order valence-electron chi connectivity index (χ3n) is 3.25. The van der Waals surface area contributed by atoms with Gasteiger partial charge < -0.3 is 11.5 Å². The fourth-order valence-corrected chi connectivity index (χ4v) is 2.18. The molecule has 2 aromatic rings. The van der Waals surface area contributed by atoms with E-state index in [1.54, 1.807) is 0 Å². The van der Waals surface area contributed by atoms with E-state index in [1.165, 1.54) is 12.0 Å². The lowest BCUT2D eigenvalue weighted by molar-refractivity contribution is 0.797. The van der Waals surface area contributed by atoms with Crippen molar-refractivity contribution in [2.75, 3.05) is 11.5 Å². The van der Waals surface area contributed by atoms with Gasteiger partial charge in [0.15, 0.2) is 0 Å². The molecule has 0 saturated carbocycles. The first kappa shape index (κ1) is 12.5. The van der Waals surface area contributed by atoms with Crippen LogP contribution in [0.1, 0.15) is 25.3 Å². The molecular weight excluding hydrogens is 220 g/mol. The normalized spacial score (nSPS) is 10.5. The van der Waals surface area contributed by atoms with Crippen LogP contribution in [-0.4, -0.2) is 0 Å². The summed E-state index contributed by atoms with van der Waals surface area (Å²) in [4.78, 5) is 0. The Balaban J connectivity index is 2.43. The molecular formula is C16H20N2. The van der Waals surface area contributed by atoms with Gasteiger partial charge in [-0.15, -0.1) is 0 Å². The van der Waals surface area contributed by atoms with Gasteiger partial charge in [0.1, 0.15) is 0 Å². The zero-order valence-electron chi connectivity index (χ0n) is 10.8. The molecule has 0 heterocycles. The minimum Gasteiger partial charge on any atom is -0.398 e. The first-order valence-corrected chi connectivity index (χ1v) is 6.46. The summed E-state index contributed by atoms with van der Waals surface area (Å²) in [6.07, 6.45) is 3.37. The molecule has 0 spiro atoms. The molecule has 0 bridgehead atoms. The molecule has 2 heteroatoms. The highest BCUT2D eigenvalue weighted by Gasteiger charge is 2.08. The van der Waals surface area contributed by atoms with Crippen LogP contribution in [-0.2, 0) is 6.42 Å². The molecule has 0 aliphatic heterocycles. The number of aryl methyl sites for hydroxylation is 1. The molecule has 0 saturated heterocycles. The summed E-state index contributed by atoms with van der Waals surface area (Å²) in [6, 6.07) is 14.1. The summed E-state index contributed by atoms with van der Waals surface area (Å²) in [5.41, 5.74) is 17.2. The van der Waals surface area contributed by atoms with Gasteiger partial charge in [0.25, 0.3) is 0 Å². The first-order valence-electron chi connectivity index (χ1n) is 6.46. The number of benzene rings is 2. The molecule has 0 aromatic heterocycles. The van der Waals surface area contributed by atoms with E-state index in [-0.39, 0.29) is 0 Å². The van der Waals surface area contributed by atoms with Crippen LogP contribution in [0.25, 0.3) is 11.1 Å². The number of nitrogens with two attached hydrogens (primary N) is 2. The predicted molar refractivity (Wildman–Crippen MR) is 79.3 cm³/mol. The van der Waals surface area contributed by atoms with Crippen molar-refractivity contribution in [1.29, 1.82) is 0 Å². The van der Waals surface area contributed by atoms with Crippen molar-refractivity contribution in [3.05, 3.63) is 48.0 Å². The minimum absolute atomic E-state index is 0.775. The van der Waals surface area contributed by atoms with Gasteiger partial charge in [0.2, 0.25) is 0 Å². The van der Waals surface area contributed by atoms with Gasteiger partial charge in [-0.25, -0.2) is 0 Å². The van der Waals surface area contributed by atoms with Crippen molar-refractivity contribution in [1.82, 2.24) is 0 Å². The van der Waals surface area contributed by atoms with Gasteiger partial charge in [-0.1, -0.05) is 49.7 Å². The highest BCUT2D eigenvalue weighted by Crippen LogP contribution is 2.32. The van der Waals surface area contributed by atoms with Gasteiger partial charge in [0, 0.05) is 22.5 Å². The summed E-state index contributed by atoms with van der Waals surface area (Å²) in [6.45, 7) is 2.19. The van der Waals surface area contributed by atoms with Crippen LogP contribution < -0.4 is 11.5 Å². The zero-order chi connectivity index (χ0) is 13.0. The van der Waals surface area contributed by atoms with Gasteiger partial charge in [-0.3, -0.25) is 0 Å². The molecule has 94 valence electrons. The van der Waals surface area contributed by atoms with E-state index in [4.69, 9.17) is 11.5 Å². The van der Waals surface area contributed by atoms with Crippen LogP contribution in [0, 0.1) is 0 Å². The Morgan fingerprint density at radius 1 is 0.889 bits per heavy atom. The number of para-hydroxylation sites is 2. The molecule has 0 fully saturated rings. The van der Waals surface area contributed by atoms with Crippen molar-refractivity contribution in [2.45, 2.75) is 26.2 Å². The van der Waals surface area contributed by atoms with E-state index in [9.17, 15) is 0 Å². The Morgan fingerprint density at radius 2 is 1.61 bits per heavy atom. The maximum Gasteiger partial charge on any atom is 0.0427 e. The molecule has 2 nitrogen and oxygen atoms in total. The molecule has 18 heavy (non-hydrogen) atoms. The average molecular weight is 240 g/mol. The number of hydrogen-bond acceptors (Lipinski definition) is 2. The Kier molecular flexibility index (Phi) is 3.88.